The fourth-order valence-electron chi connectivity index (χ4n) is 1.80. The SMILES string of the molecule is N#CCc1ccc(CSC(=N)N)c2ncccc12. The molecule has 0 spiro atoms. The van der Waals surface area contributed by atoms with Gasteiger partial charge in [-0.3, -0.25) is 10.4 Å². The van der Waals surface area contributed by atoms with Gasteiger partial charge in [-0.05, 0) is 17.2 Å². The van der Waals surface area contributed by atoms with Crippen molar-refractivity contribution in [2.24, 2.45) is 5.73 Å². The molecule has 0 bridgehead atoms. The van der Waals surface area contributed by atoms with Crippen LogP contribution in [-0.4, -0.2) is 10.2 Å². The molecule has 0 atom stereocenters. The zero-order valence-corrected chi connectivity index (χ0v) is 10.5. The first-order valence-electron chi connectivity index (χ1n) is 5.41. The molecule has 1 aromatic heterocycles. The number of nitrogens with two attached hydrogens (primary N) is 1. The van der Waals surface area contributed by atoms with Crippen LogP contribution in [0.3, 0.4) is 0 Å². The average molecular weight is 256 g/mol. The third-order valence-corrected chi connectivity index (χ3v) is 3.36. The maximum absolute atomic E-state index is 8.81. The van der Waals surface area contributed by atoms with Crippen LogP contribution in [0.25, 0.3) is 10.9 Å². The number of hydrogen-bond donors (Lipinski definition) is 2. The van der Waals surface area contributed by atoms with Gasteiger partial charge < -0.3 is 5.73 Å². The Morgan fingerprint density at radius 1 is 1.39 bits per heavy atom. The fourth-order valence-corrected chi connectivity index (χ4v) is 2.35. The van der Waals surface area contributed by atoms with E-state index in [0.29, 0.717) is 12.2 Å². The number of amidine groups is 1. The largest absolute Gasteiger partial charge is 0.379 e. The van der Waals surface area contributed by atoms with E-state index in [9.17, 15) is 0 Å². The van der Waals surface area contributed by atoms with Crippen molar-refractivity contribution in [2.75, 3.05) is 0 Å². The second-order valence-corrected chi connectivity index (χ2v) is 4.79. The zero-order chi connectivity index (χ0) is 13.0. The molecule has 0 radical (unpaired) electrons. The third-order valence-electron chi connectivity index (χ3n) is 2.60. The molecule has 0 saturated heterocycles. The van der Waals surface area contributed by atoms with Crippen molar-refractivity contribution in [2.45, 2.75) is 12.2 Å². The molecule has 0 aliphatic heterocycles. The Hall–Kier alpha value is -2.06. The van der Waals surface area contributed by atoms with Crippen LogP contribution in [0.5, 0.6) is 0 Å². The van der Waals surface area contributed by atoms with Gasteiger partial charge >= 0.3 is 0 Å². The van der Waals surface area contributed by atoms with Gasteiger partial charge in [0.1, 0.15) is 0 Å². The summed E-state index contributed by atoms with van der Waals surface area (Å²) in [7, 11) is 0. The summed E-state index contributed by atoms with van der Waals surface area (Å²) in [6, 6.07) is 9.90. The van der Waals surface area contributed by atoms with E-state index < -0.39 is 0 Å². The predicted molar refractivity (Wildman–Crippen MR) is 74.3 cm³/mol. The molecule has 0 saturated carbocycles. The summed E-state index contributed by atoms with van der Waals surface area (Å²) in [4.78, 5) is 4.37. The third kappa shape index (κ3) is 2.60. The highest BCUT2D eigenvalue weighted by Crippen LogP contribution is 2.24. The van der Waals surface area contributed by atoms with Gasteiger partial charge in [0.25, 0.3) is 0 Å². The van der Waals surface area contributed by atoms with E-state index in [1.54, 1.807) is 6.20 Å². The molecule has 0 fully saturated rings. The molecule has 1 aromatic carbocycles. The van der Waals surface area contributed by atoms with Crippen molar-refractivity contribution in [1.82, 2.24) is 4.98 Å². The zero-order valence-electron chi connectivity index (χ0n) is 9.68. The van der Waals surface area contributed by atoms with Gasteiger partial charge in [0.05, 0.1) is 18.0 Å². The number of nitrogens with zero attached hydrogens (tertiary/aromatic N) is 2. The number of rotatable bonds is 3. The number of thioether (sulfide) groups is 1. The van der Waals surface area contributed by atoms with E-state index in [2.05, 4.69) is 11.1 Å². The second kappa shape index (κ2) is 5.52. The average Bonchev–Trinajstić information content (AvgIpc) is 2.38. The Bertz CT molecular complexity index is 630. The highest BCUT2D eigenvalue weighted by atomic mass is 32.2. The van der Waals surface area contributed by atoms with Crippen LogP contribution in [-0.2, 0) is 12.2 Å². The standard InChI is InChI=1S/C13H12N4S/c14-6-5-9-3-4-10(8-18-13(15)16)12-11(9)2-1-7-17-12/h1-4,7H,5,8H2,(H3,15,16). The van der Waals surface area contributed by atoms with Crippen molar-refractivity contribution < 1.29 is 0 Å². The minimum absolute atomic E-state index is 0.0974. The first-order chi connectivity index (χ1) is 8.72. The molecule has 90 valence electrons. The molecule has 18 heavy (non-hydrogen) atoms. The highest BCUT2D eigenvalue weighted by molar-refractivity contribution is 8.13. The van der Waals surface area contributed by atoms with Crippen molar-refractivity contribution in [3.8, 4) is 6.07 Å². The Morgan fingerprint density at radius 2 is 2.17 bits per heavy atom. The van der Waals surface area contributed by atoms with Crippen LogP contribution in [0.1, 0.15) is 11.1 Å². The van der Waals surface area contributed by atoms with Crippen molar-refractivity contribution >= 4 is 27.8 Å². The van der Waals surface area contributed by atoms with E-state index in [-0.39, 0.29) is 5.17 Å². The Balaban J connectivity index is 2.47. The van der Waals surface area contributed by atoms with Crippen LogP contribution < -0.4 is 5.73 Å². The molecule has 0 aliphatic rings. The topological polar surface area (TPSA) is 86.5 Å². The Labute approximate surface area is 109 Å². The lowest BCUT2D eigenvalue weighted by Gasteiger charge is -2.08. The van der Waals surface area contributed by atoms with Gasteiger partial charge in [-0.1, -0.05) is 30.0 Å². The number of benzene rings is 1. The van der Waals surface area contributed by atoms with E-state index in [1.807, 2.05) is 24.3 Å². The van der Waals surface area contributed by atoms with Crippen LogP contribution in [0.15, 0.2) is 30.5 Å². The van der Waals surface area contributed by atoms with Gasteiger partial charge in [-0.25, -0.2) is 0 Å². The molecule has 0 unspecified atom stereocenters. The van der Waals surface area contributed by atoms with Crippen LogP contribution in [0, 0.1) is 16.7 Å². The second-order valence-electron chi connectivity index (χ2n) is 3.77. The summed E-state index contributed by atoms with van der Waals surface area (Å²) in [6.07, 6.45) is 2.11. The molecule has 1 heterocycles. The number of nitriles is 1. The minimum atomic E-state index is 0.0974. The maximum atomic E-state index is 8.81. The molecule has 2 rings (SSSR count). The number of aromatic nitrogens is 1. The highest BCUT2D eigenvalue weighted by Gasteiger charge is 2.07. The number of nitrogens with one attached hydrogen (secondary N) is 1. The Morgan fingerprint density at radius 3 is 2.89 bits per heavy atom. The quantitative estimate of drug-likeness (QED) is 0.652. The summed E-state index contributed by atoms with van der Waals surface area (Å²) in [5, 5.41) is 17.1. The van der Waals surface area contributed by atoms with Crippen molar-refractivity contribution in [3.05, 3.63) is 41.6 Å². The monoisotopic (exact) mass is 256 g/mol. The molecular formula is C13H12N4S. The van der Waals surface area contributed by atoms with Gasteiger partial charge in [0, 0.05) is 17.3 Å². The van der Waals surface area contributed by atoms with Gasteiger partial charge in [0.15, 0.2) is 5.17 Å². The lowest BCUT2D eigenvalue weighted by Crippen LogP contribution is -2.04. The molecule has 2 aromatic rings. The van der Waals surface area contributed by atoms with Crippen molar-refractivity contribution in [1.29, 1.82) is 10.7 Å². The normalized spacial score (nSPS) is 10.2. The Kier molecular flexibility index (Phi) is 3.80. The van der Waals surface area contributed by atoms with E-state index in [0.717, 1.165) is 22.0 Å². The molecule has 0 aliphatic carbocycles. The fraction of sp³-hybridized carbons (Fsp3) is 0.154. The number of pyridine rings is 1. The van der Waals surface area contributed by atoms with E-state index >= 15 is 0 Å². The first kappa shape index (κ1) is 12.4. The smallest absolute Gasteiger partial charge is 0.151 e. The van der Waals surface area contributed by atoms with Crippen LogP contribution >= 0.6 is 11.8 Å². The summed E-state index contributed by atoms with van der Waals surface area (Å²) in [5.74, 6) is 0.621. The van der Waals surface area contributed by atoms with E-state index in [1.165, 1.54) is 11.8 Å². The number of hydrogen-bond acceptors (Lipinski definition) is 4. The molecule has 5 heteroatoms. The first-order valence-corrected chi connectivity index (χ1v) is 6.40. The van der Waals surface area contributed by atoms with Crippen molar-refractivity contribution in [3.63, 3.8) is 0 Å². The molecule has 3 N–H and O–H groups in total. The molecule has 4 nitrogen and oxygen atoms in total. The summed E-state index contributed by atoms with van der Waals surface area (Å²) >= 11 is 1.27. The summed E-state index contributed by atoms with van der Waals surface area (Å²) in [5.41, 5.74) is 8.25. The van der Waals surface area contributed by atoms with E-state index in [4.69, 9.17) is 16.4 Å². The minimum Gasteiger partial charge on any atom is -0.379 e. The van der Waals surface area contributed by atoms with Gasteiger partial charge in [0.2, 0.25) is 0 Å². The summed E-state index contributed by atoms with van der Waals surface area (Å²) < 4.78 is 0. The lowest BCUT2D eigenvalue weighted by atomic mass is 10.0. The summed E-state index contributed by atoms with van der Waals surface area (Å²) in [6.45, 7) is 0. The lowest BCUT2D eigenvalue weighted by molar-refractivity contribution is 1.26. The van der Waals surface area contributed by atoms with Gasteiger partial charge in [-0.15, -0.1) is 0 Å². The molecular weight excluding hydrogens is 244 g/mol. The number of fused-ring (bicyclic) bond motifs is 1. The maximum Gasteiger partial charge on any atom is 0.151 e. The van der Waals surface area contributed by atoms with Crippen LogP contribution in [0.2, 0.25) is 0 Å². The van der Waals surface area contributed by atoms with Crippen LogP contribution in [0.4, 0.5) is 0 Å². The predicted octanol–water partition coefficient (Wildman–Crippen LogP) is 2.43. The molecule has 0 amide bonds. The van der Waals surface area contributed by atoms with Gasteiger partial charge in [-0.2, -0.15) is 5.26 Å².